The van der Waals surface area contributed by atoms with Crippen LogP contribution in [-0.4, -0.2) is 5.78 Å². The molecule has 0 heterocycles. The molecule has 4 rings (SSSR count). The zero-order chi connectivity index (χ0) is 17.3. The maximum Gasteiger partial charge on any atom is 0.139 e. The Bertz CT molecular complexity index is 602. The van der Waals surface area contributed by atoms with Gasteiger partial charge in [0.25, 0.3) is 0 Å². The Balaban J connectivity index is 0.000000526. The van der Waals surface area contributed by atoms with E-state index in [2.05, 4.69) is 45.9 Å². The highest BCUT2D eigenvalue weighted by Crippen LogP contribution is 2.59. The van der Waals surface area contributed by atoms with Crippen LogP contribution in [0.15, 0.2) is 18.2 Å². The Labute approximate surface area is 148 Å². The molecule has 0 amide bonds. The summed E-state index contributed by atoms with van der Waals surface area (Å²) in [6.07, 6.45) is 9.25. The Morgan fingerprint density at radius 2 is 1.83 bits per heavy atom. The van der Waals surface area contributed by atoms with Crippen LogP contribution in [0.25, 0.3) is 0 Å². The molecule has 4 atom stereocenters. The Hall–Kier alpha value is -1.11. The first-order valence-corrected chi connectivity index (χ1v) is 10.2. The van der Waals surface area contributed by atoms with Crippen molar-refractivity contribution in [3.63, 3.8) is 0 Å². The van der Waals surface area contributed by atoms with Crippen molar-refractivity contribution in [1.82, 2.24) is 0 Å². The van der Waals surface area contributed by atoms with Gasteiger partial charge in [0.05, 0.1) is 0 Å². The number of rotatable bonds is 1. The molecule has 132 valence electrons. The number of benzene rings is 1. The summed E-state index contributed by atoms with van der Waals surface area (Å²) in [5.41, 5.74) is 4.71. The van der Waals surface area contributed by atoms with E-state index in [1.165, 1.54) is 31.2 Å². The molecule has 24 heavy (non-hydrogen) atoms. The molecule has 2 fully saturated rings. The molecule has 1 heteroatoms. The number of Topliss-reactive ketones (excluding diaryl/α,β-unsaturated/α-hetero) is 1. The van der Waals surface area contributed by atoms with Gasteiger partial charge >= 0.3 is 0 Å². The van der Waals surface area contributed by atoms with E-state index >= 15 is 0 Å². The lowest BCUT2D eigenvalue weighted by molar-refractivity contribution is -0.129. The predicted octanol–water partition coefficient (Wildman–Crippen LogP) is 6.09. The maximum atomic E-state index is 12.3. The molecule has 0 aliphatic heterocycles. The van der Waals surface area contributed by atoms with Crippen LogP contribution in [0.5, 0.6) is 0 Å². The smallest absolute Gasteiger partial charge is 0.139 e. The normalized spacial score (nSPS) is 33.8. The van der Waals surface area contributed by atoms with E-state index < -0.39 is 0 Å². The van der Waals surface area contributed by atoms with Crippen LogP contribution in [0.3, 0.4) is 0 Å². The lowest BCUT2D eigenvalue weighted by Crippen LogP contribution is -2.42. The molecule has 0 saturated heterocycles. The van der Waals surface area contributed by atoms with Crippen molar-refractivity contribution < 1.29 is 4.79 Å². The molecule has 2 saturated carbocycles. The number of carbonyl (C=O) groups excluding carboxylic acids is 1. The van der Waals surface area contributed by atoms with Gasteiger partial charge in [0.2, 0.25) is 0 Å². The second kappa shape index (κ2) is 7.02. The van der Waals surface area contributed by atoms with Gasteiger partial charge in [-0.1, -0.05) is 52.3 Å². The van der Waals surface area contributed by atoms with Gasteiger partial charge < -0.3 is 0 Å². The minimum Gasteiger partial charge on any atom is -0.299 e. The van der Waals surface area contributed by atoms with Gasteiger partial charge in [-0.15, -0.1) is 0 Å². The number of aryl methyl sites for hydroxylation is 2. The van der Waals surface area contributed by atoms with E-state index in [-0.39, 0.29) is 5.41 Å². The standard InChI is InChI=1S/C20H26O.C3H8/c1-3-13-4-6-15-14(12-13)5-7-17-16(15)10-11-20(2)18(17)8-9-19(20)21;1-3-2/h4,6,12,16-18H,3,5,7-11H2,1-2H3;3H2,1-2H3. The van der Waals surface area contributed by atoms with Crippen molar-refractivity contribution >= 4 is 5.78 Å². The Kier molecular flexibility index (Phi) is 5.18. The average molecular weight is 327 g/mol. The van der Waals surface area contributed by atoms with Crippen LogP contribution in [0.2, 0.25) is 0 Å². The molecule has 0 N–H and O–H groups in total. The summed E-state index contributed by atoms with van der Waals surface area (Å²) in [7, 11) is 0. The summed E-state index contributed by atoms with van der Waals surface area (Å²) in [5.74, 6) is 2.69. The van der Waals surface area contributed by atoms with E-state index in [0.29, 0.717) is 11.7 Å². The van der Waals surface area contributed by atoms with Crippen LogP contribution < -0.4 is 0 Å². The molecule has 0 spiro atoms. The minimum absolute atomic E-state index is 0.0159. The quantitative estimate of drug-likeness (QED) is 0.610. The van der Waals surface area contributed by atoms with Crippen LogP contribution in [0.4, 0.5) is 0 Å². The fourth-order valence-electron chi connectivity index (χ4n) is 5.63. The van der Waals surface area contributed by atoms with E-state index in [9.17, 15) is 4.79 Å². The summed E-state index contributed by atoms with van der Waals surface area (Å²) in [4.78, 5) is 12.3. The van der Waals surface area contributed by atoms with Gasteiger partial charge in [-0.25, -0.2) is 0 Å². The molecule has 4 unspecified atom stereocenters. The second-order valence-electron chi connectivity index (χ2n) is 8.43. The van der Waals surface area contributed by atoms with Crippen LogP contribution in [0, 0.1) is 17.3 Å². The summed E-state index contributed by atoms with van der Waals surface area (Å²) in [6.45, 7) is 8.75. The van der Waals surface area contributed by atoms with Gasteiger partial charge in [0.15, 0.2) is 0 Å². The molecule has 1 aromatic carbocycles. The van der Waals surface area contributed by atoms with Gasteiger partial charge in [-0.05, 0) is 73.0 Å². The largest absolute Gasteiger partial charge is 0.299 e. The molecule has 0 bridgehead atoms. The van der Waals surface area contributed by atoms with Gasteiger partial charge in [-0.2, -0.15) is 0 Å². The molecule has 3 aliphatic carbocycles. The molecule has 0 aromatic heterocycles. The average Bonchev–Trinajstić information content (AvgIpc) is 2.90. The molecular weight excluding hydrogens is 292 g/mol. The van der Waals surface area contributed by atoms with Gasteiger partial charge in [-0.3, -0.25) is 4.79 Å². The second-order valence-corrected chi connectivity index (χ2v) is 8.43. The van der Waals surface area contributed by atoms with Crippen LogP contribution >= 0.6 is 0 Å². The lowest BCUT2D eigenvalue weighted by atomic mass is 9.55. The third kappa shape index (κ3) is 2.85. The summed E-state index contributed by atoms with van der Waals surface area (Å²) < 4.78 is 0. The molecule has 1 aromatic rings. The first-order valence-electron chi connectivity index (χ1n) is 10.2. The number of carbonyl (C=O) groups is 1. The number of ketones is 1. The third-order valence-corrected chi connectivity index (χ3v) is 6.91. The van der Waals surface area contributed by atoms with Crippen LogP contribution in [-0.2, 0) is 17.6 Å². The highest BCUT2D eigenvalue weighted by atomic mass is 16.1. The fourth-order valence-corrected chi connectivity index (χ4v) is 5.63. The van der Waals surface area contributed by atoms with E-state index in [0.717, 1.165) is 37.5 Å². The highest BCUT2D eigenvalue weighted by Gasteiger charge is 2.54. The monoisotopic (exact) mass is 326 g/mol. The zero-order valence-corrected chi connectivity index (χ0v) is 16.0. The van der Waals surface area contributed by atoms with Gasteiger partial charge in [0, 0.05) is 11.8 Å². The van der Waals surface area contributed by atoms with Crippen molar-refractivity contribution in [2.75, 3.05) is 0 Å². The topological polar surface area (TPSA) is 17.1 Å². The fraction of sp³-hybridized carbons (Fsp3) is 0.696. The maximum absolute atomic E-state index is 12.3. The predicted molar refractivity (Wildman–Crippen MR) is 101 cm³/mol. The zero-order valence-electron chi connectivity index (χ0n) is 16.0. The first-order chi connectivity index (χ1) is 11.5. The lowest BCUT2D eigenvalue weighted by Gasteiger charge is -2.48. The van der Waals surface area contributed by atoms with E-state index in [4.69, 9.17) is 0 Å². The van der Waals surface area contributed by atoms with E-state index in [1.54, 1.807) is 11.1 Å². The molecule has 3 aliphatic rings. The number of hydrogen-bond acceptors (Lipinski definition) is 1. The van der Waals surface area contributed by atoms with Gasteiger partial charge in [0.1, 0.15) is 5.78 Å². The number of fused-ring (bicyclic) bond motifs is 5. The molecule has 1 nitrogen and oxygen atoms in total. The van der Waals surface area contributed by atoms with Crippen molar-refractivity contribution in [2.45, 2.75) is 85.0 Å². The summed E-state index contributed by atoms with van der Waals surface area (Å²) in [5, 5.41) is 0. The van der Waals surface area contributed by atoms with Crippen molar-refractivity contribution in [2.24, 2.45) is 17.3 Å². The third-order valence-electron chi connectivity index (χ3n) is 6.91. The van der Waals surface area contributed by atoms with Crippen LogP contribution in [0.1, 0.15) is 88.8 Å². The van der Waals surface area contributed by atoms with E-state index in [1.807, 2.05) is 0 Å². The highest BCUT2D eigenvalue weighted by molar-refractivity contribution is 5.87. The first kappa shape index (κ1) is 17.7. The number of hydrogen-bond donors (Lipinski definition) is 0. The Morgan fingerprint density at radius 1 is 1.08 bits per heavy atom. The summed E-state index contributed by atoms with van der Waals surface area (Å²) >= 11 is 0. The molecular formula is C23H34O. The molecule has 0 radical (unpaired) electrons. The van der Waals surface area contributed by atoms with Crippen molar-refractivity contribution in [1.29, 1.82) is 0 Å². The summed E-state index contributed by atoms with van der Waals surface area (Å²) in [6, 6.07) is 7.18. The van der Waals surface area contributed by atoms with Crippen molar-refractivity contribution in [3.05, 3.63) is 34.9 Å². The van der Waals surface area contributed by atoms with Crippen molar-refractivity contribution in [3.8, 4) is 0 Å². The minimum atomic E-state index is 0.0159. The Morgan fingerprint density at radius 3 is 2.54 bits per heavy atom. The SMILES string of the molecule is CCC.CCc1ccc2c(c1)CCC1C2CCC2(C)C(=O)CCC12.